The number of aromatic amines is 1. The van der Waals surface area contributed by atoms with E-state index >= 15 is 0 Å². The first-order valence-electron chi connectivity index (χ1n) is 45.4. The molecule has 49 heteroatoms. The van der Waals surface area contributed by atoms with Crippen LogP contribution in [0.1, 0.15) is 60.5 Å². The Bertz CT molecular complexity index is 6790. The van der Waals surface area contributed by atoms with Gasteiger partial charge >= 0.3 is 34.8 Å². The molecule has 18 rings (SSSR count). The average Bonchev–Trinajstić information content (AvgIpc) is 0.794. The number of nitrogens with one attached hydrogen (secondary N) is 1. The monoisotopic (exact) mass is 2330 g/mol. The topological polar surface area (TPSA) is 454 Å². The molecule has 0 amide bonds. The molecule has 0 atom stereocenters. The van der Waals surface area contributed by atoms with Gasteiger partial charge in [0.25, 0.3) is 11.4 Å². The van der Waals surface area contributed by atoms with E-state index in [9.17, 15) is 42.8 Å². The van der Waals surface area contributed by atoms with E-state index in [2.05, 4.69) is 156 Å². The number of aromatic nitrogens is 11. The number of rotatable bonds is 24. The number of phenols is 1. The van der Waals surface area contributed by atoms with Gasteiger partial charge in [-0.25, -0.2) is 43.1 Å². The van der Waals surface area contributed by atoms with Crippen LogP contribution < -0.4 is 70.1 Å². The van der Waals surface area contributed by atoms with Crippen LogP contribution in [0.3, 0.4) is 0 Å². The number of phenolic OH excluding ortho intramolecular Hbond substituents is 1. The smallest absolute Gasteiger partial charge is 1.00 e. The van der Waals surface area contributed by atoms with E-state index in [4.69, 9.17) is 87.5 Å². The minimum atomic E-state index is -3.22. The summed E-state index contributed by atoms with van der Waals surface area (Å²) >= 11 is 35.9. The molecule has 0 saturated carbocycles. The fourth-order valence-electron chi connectivity index (χ4n) is 13.9. The van der Waals surface area contributed by atoms with E-state index < -0.39 is 38.2 Å². The minimum absolute atomic E-state index is 0. The number of H-pyrrole nitrogens is 1. The van der Waals surface area contributed by atoms with E-state index in [0.29, 0.717) is 110 Å². The first kappa shape index (κ1) is 120. The number of aryl methyl sites for hydroxylation is 6. The number of morpholine rings is 4. The Morgan fingerprint density at radius 3 is 1.21 bits per heavy atom. The molecule has 0 radical (unpaired) electrons. The van der Waals surface area contributed by atoms with Gasteiger partial charge in [-0.05, 0) is 238 Å². The maximum Gasteiger partial charge on any atom is 1.00 e. The molecule has 0 unspecified atom stereocenters. The number of nitro groups is 2. The van der Waals surface area contributed by atoms with Crippen molar-refractivity contribution >= 4 is 188 Å². The van der Waals surface area contributed by atoms with Crippen molar-refractivity contribution in [2.45, 2.75) is 67.2 Å². The zero-order valence-electron chi connectivity index (χ0n) is 81.7. The van der Waals surface area contributed by atoms with Gasteiger partial charge in [0, 0.05) is 175 Å². The standard InChI is InChI=1S/C22H23FN4O5.C22H25FN4O3.C16H20ClN3O2.C9H6BrClN2.C9H7BrN2O.C7H15NO2.C6H7BrN2.C6H4FNO3.Cl3OP.Na.H/c1-15-13-18-21(25-22(15)31-10-2-7-26-8-11-30-12-9-26)20(5-6-24-18)32-19-4-3-16(27(28)29)14-17(19)23;1-15-13-18-21(26-22(15)29-10-2-7-27-8-11-28-12-9-27)20(5-6-25-18)30-19-4-3-16(24)14-17(19)23;1-12-11-14-15(13(17)3-4-18-14)19-16(12)22-8-2-5-20-6-9-21-10-7-20;1-5-4-7-8(13-9(5)10)6(11)2-3-12-7;1-5-4-6-8(12-9(5)10)7(13)2-3-11-6;9-5-1-2-8-3-6-10-7-4-8;1-4-2-5(8)3-9-6(4)7;7-5-3-4(8(10)11)1-2-6(5)9;1-5(2,3)4;;/h3-6,13-14H,2,7-12H2,1H3;3-6,13-14H,2,7-12,24H2,1H3;3-4,11H,2,5-10H2,1H3;2-4H,1H3;2-4H,1H3,(H,11,13);9H,1-7H2;2-3H,8H2,1H3;1-3,9H;;;/q;;;;;;;;;+1;-1. The van der Waals surface area contributed by atoms with Crippen molar-refractivity contribution < 1.29 is 111 Å². The zero-order valence-corrected chi connectivity index (χ0v) is 92.2. The Morgan fingerprint density at radius 2 is 0.808 bits per heavy atom. The Balaban J connectivity index is 0.000000211. The Kier molecular flexibility index (Phi) is 50.3. The van der Waals surface area contributed by atoms with Crippen LogP contribution in [0.5, 0.6) is 46.4 Å². The number of pyridine rings is 11. The fraction of sp³-hybridized carbons (Fsp3) is 0.351. The largest absolute Gasteiger partial charge is 1.00 e. The SMILES string of the molecule is Cc1cc(N)cnc1Br.Cc1cc2[nH]ccc(=O)c2nc1Br.Cc1cc2nccc(Cl)c2nc1Br.Cc1cc2nccc(Cl)c2nc1OCCCN1CCOCC1.Cc1cc2nccc(Oc3ccc(N)cc3F)c2nc1OCCCN1CCOCC1.Cc1cc2nccc(Oc3ccc([N+](=O)[O-])cc3F)c2nc1OCCCN1CCOCC1.O=P(Cl)(Cl)Cl.O=[N+]([O-])c1ccc(O)c(F)c1.OCCCN1CCOCC1.[H-].[Na+]. The molecule has 15 heterocycles. The normalized spacial score (nSPS) is 13.7. The number of ether oxygens (including phenoxy) is 9. The van der Waals surface area contributed by atoms with Gasteiger partial charge in [0.2, 0.25) is 23.1 Å². The first-order chi connectivity index (χ1) is 69.4. The molecule has 0 spiro atoms. The van der Waals surface area contributed by atoms with Gasteiger partial charge in [0.15, 0.2) is 46.2 Å². The van der Waals surface area contributed by atoms with Crippen molar-refractivity contribution in [1.82, 2.24) is 74.4 Å². The predicted molar refractivity (Wildman–Crippen MR) is 567 cm³/mol. The molecule has 776 valence electrons. The van der Waals surface area contributed by atoms with Crippen LogP contribution in [0, 0.1) is 79.2 Å². The number of nitrogens with zero attached hydrogens (tertiary/aromatic N) is 16. The van der Waals surface area contributed by atoms with Crippen LogP contribution in [0.4, 0.5) is 35.9 Å². The number of benzene rings is 3. The number of aliphatic hydroxyl groups is 1. The number of non-ortho nitro benzene ring substituents is 2. The number of anilines is 2. The van der Waals surface area contributed by atoms with Gasteiger partial charge in [0.1, 0.15) is 41.4 Å². The molecule has 0 aliphatic carbocycles. The molecular formula is C97H108Br3Cl5F3N19NaO17P. The molecule has 4 saturated heterocycles. The molecule has 3 aromatic carbocycles. The van der Waals surface area contributed by atoms with Crippen LogP contribution >= 0.6 is 110 Å². The second-order valence-electron chi connectivity index (χ2n) is 32.4. The van der Waals surface area contributed by atoms with E-state index in [1.165, 1.54) is 36.5 Å². The molecule has 11 aromatic heterocycles. The maximum absolute atomic E-state index is 14.3. The van der Waals surface area contributed by atoms with E-state index in [1.807, 2.05) is 77.9 Å². The molecule has 4 fully saturated rings. The van der Waals surface area contributed by atoms with Crippen molar-refractivity contribution in [3.63, 3.8) is 0 Å². The summed E-state index contributed by atoms with van der Waals surface area (Å²) in [6.07, 6.45) is 13.4. The van der Waals surface area contributed by atoms with Gasteiger partial charge in [-0.2, -0.15) is 0 Å². The third-order valence-electron chi connectivity index (χ3n) is 21.4. The molecule has 0 bridgehead atoms. The van der Waals surface area contributed by atoms with Crippen molar-refractivity contribution in [3.8, 4) is 46.4 Å². The van der Waals surface area contributed by atoms with E-state index in [-0.39, 0.29) is 65.0 Å². The average molecular weight is 2340 g/mol. The zero-order chi connectivity index (χ0) is 105. The summed E-state index contributed by atoms with van der Waals surface area (Å²) in [5, 5.41) is 36.0. The molecule has 146 heavy (non-hydrogen) atoms. The van der Waals surface area contributed by atoms with Crippen LogP contribution in [0.2, 0.25) is 10.0 Å². The van der Waals surface area contributed by atoms with Gasteiger partial charge in [-0.1, -0.05) is 23.2 Å². The summed E-state index contributed by atoms with van der Waals surface area (Å²) in [6.45, 7) is 31.9. The van der Waals surface area contributed by atoms with E-state index in [0.717, 1.165) is 245 Å². The Morgan fingerprint density at radius 1 is 0.452 bits per heavy atom. The number of fused-ring (bicyclic) bond motifs is 5. The molecule has 7 N–H and O–H groups in total. The number of nitrogen functional groups attached to an aromatic ring is 2. The maximum atomic E-state index is 14.3. The fourth-order valence-corrected chi connectivity index (χ4v) is 15.1. The number of halogens is 11. The summed E-state index contributed by atoms with van der Waals surface area (Å²) < 4.78 is 103. The van der Waals surface area contributed by atoms with Crippen molar-refractivity contribution in [1.29, 1.82) is 0 Å². The van der Waals surface area contributed by atoms with Gasteiger partial charge in [-0.15, -0.1) is 0 Å². The quantitative estimate of drug-likeness (QED) is 0.00713. The Hall–Kier alpha value is -9.84. The molecular weight excluding hydrogens is 2230 g/mol. The van der Waals surface area contributed by atoms with Gasteiger partial charge < -0.3 is 70.7 Å². The van der Waals surface area contributed by atoms with Gasteiger partial charge in [-0.3, -0.25) is 69.1 Å². The summed E-state index contributed by atoms with van der Waals surface area (Å²) in [6, 6.07) is 29.7. The first-order valence-corrected chi connectivity index (χ1v) is 52.9. The second-order valence-corrected chi connectivity index (χ2v) is 42.1. The third kappa shape index (κ3) is 39.6. The Labute approximate surface area is 912 Å². The number of nitrogens with two attached hydrogens (primary N) is 2. The number of nitro benzene ring substituents is 2. The molecule has 36 nitrogen and oxygen atoms in total. The van der Waals surface area contributed by atoms with Crippen molar-refractivity contribution in [3.05, 3.63) is 264 Å². The van der Waals surface area contributed by atoms with E-state index in [1.54, 1.807) is 61.3 Å². The van der Waals surface area contributed by atoms with Gasteiger partial charge in [0.05, 0.1) is 144 Å². The molecule has 14 aromatic rings. The minimum Gasteiger partial charge on any atom is -1.00 e. The summed E-state index contributed by atoms with van der Waals surface area (Å²) in [5.41, 5.74) is 23.6. The molecule has 4 aliphatic rings. The predicted octanol–water partition coefficient (Wildman–Crippen LogP) is 18.3. The third-order valence-corrected chi connectivity index (χ3v) is 24.5. The van der Waals surface area contributed by atoms with Crippen LogP contribution in [-0.2, 0) is 23.5 Å². The number of hydrogen-bond donors (Lipinski definition) is 5. The number of hydrogen-bond acceptors (Lipinski definition) is 33. The number of aromatic hydroxyl groups is 1. The number of aliphatic hydroxyl groups excluding tert-OH is 1. The van der Waals surface area contributed by atoms with Crippen molar-refractivity contribution in [2.75, 3.05) is 169 Å². The van der Waals surface area contributed by atoms with Crippen LogP contribution in [-0.4, -0.2) is 252 Å². The summed E-state index contributed by atoms with van der Waals surface area (Å²) in [5.74, 6) is -0.698. The summed E-state index contributed by atoms with van der Waals surface area (Å²) in [7, 11) is 0. The van der Waals surface area contributed by atoms with Crippen LogP contribution in [0.15, 0.2) is 177 Å². The van der Waals surface area contributed by atoms with Crippen molar-refractivity contribution in [2.24, 2.45) is 0 Å². The second kappa shape index (κ2) is 61.3. The van der Waals surface area contributed by atoms with Crippen LogP contribution in [0.25, 0.3) is 55.2 Å². The summed E-state index contributed by atoms with van der Waals surface area (Å²) in [4.78, 5) is 86.4. The molecule has 4 aliphatic heterocycles.